The molecule has 17 heavy (non-hydrogen) atoms. The molecule has 1 atom stereocenters. The van der Waals surface area contributed by atoms with Crippen LogP contribution in [0.2, 0.25) is 0 Å². The summed E-state index contributed by atoms with van der Waals surface area (Å²) in [5.41, 5.74) is 4.57. The van der Waals surface area contributed by atoms with E-state index < -0.39 is 35.0 Å². The summed E-state index contributed by atoms with van der Waals surface area (Å²) in [6.07, 6.45) is 0. The van der Waals surface area contributed by atoms with Gasteiger partial charge >= 0.3 is 5.97 Å². The first-order valence-electron chi connectivity index (χ1n) is 4.71. The number of benzene rings is 1. The van der Waals surface area contributed by atoms with Crippen LogP contribution < -0.4 is 5.73 Å². The highest BCUT2D eigenvalue weighted by molar-refractivity contribution is 5.90. The minimum atomic E-state index is -1.25. The fraction of sp³-hybridized carbons (Fsp3) is 0.273. The van der Waals surface area contributed by atoms with Crippen molar-refractivity contribution in [2.75, 3.05) is 7.11 Å². The summed E-state index contributed by atoms with van der Waals surface area (Å²) in [5, 5.41) is 0. The lowest BCUT2D eigenvalue weighted by molar-refractivity contribution is -0.118. The average Bonchev–Trinajstić information content (AvgIpc) is 2.29. The molecule has 1 rings (SSSR count). The maximum absolute atomic E-state index is 13.5. The Morgan fingerprint density at radius 3 is 2.35 bits per heavy atom. The number of methoxy groups -OCH3 is 1. The van der Waals surface area contributed by atoms with Crippen molar-refractivity contribution in [2.45, 2.75) is 13.0 Å². The molecule has 0 aliphatic heterocycles. The van der Waals surface area contributed by atoms with Gasteiger partial charge in [-0.05, 0) is 19.1 Å². The van der Waals surface area contributed by atoms with Gasteiger partial charge in [0.15, 0.2) is 5.78 Å². The largest absolute Gasteiger partial charge is 0.465 e. The molecule has 6 heteroatoms. The Hall–Kier alpha value is -1.82. The Kier molecular flexibility index (Phi) is 3.90. The van der Waals surface area contributed by atoms with Crippen LogP contribution in [0.15, 0.2) is 12.1 Å². The number of esters is 1. The van der Waals surface area contributed by atoms with E-state index in [2.05, 4.69) is 4.74 Å². The van der Waals surface area contributed by atoms with Crippen LogP contribution in [0.5, 0.6) is 0 Å². The van der Waals surface area contributed by atoms with Gasteiger partial charge in [-0.1, -0.05) is 0 Å². The van der Waals surface area contributed by atoms with Crippen LogP contribution in [0.3, 0.4) is 0 Å². The van der Waals surface area contributed by atoms with E-state index in [1.807, 2.05) is 0 Å². The molecule has 0 amide bonds. The lowest BCUT2D eigenvalue weighted by atomic mass is 10.0. The molecule has 0 aliphatic rings. The normalized spacial score (nSPS) is 12.1. The number of Topliss-reactive ketones (excluding diaryl/α,β-unsaturated/α-hetero) is 1. The first-order valence-corrected chi connectivity index (χ1v) is 4.71. The molecule has 0 fully saturated rings. The van der Waals surface area contributed by atoms with E-state index in [4.69, 9.17) is 5.73 Å². The molecule has 0 aliphatic carbocycles. The Bertz CT molecular complexity index is 474. The van der Waals surface area contributed by atoms with Crippen molar-refractivity contribution in [1.82, 2.24) is 0 Å². The second kappa shape index (κ2) is 5.01. The van der Waals surface area contributed by atoms with Crippen molar-refractivity contribution in [3.8, 4) is 0 Å². The van der Waals surface area contributed by atoms with Gasteiger partial charge in [-0.3, -0.25) is 4.79 Å². The highest BCUT2D eigenvalue weighted by Gasteiger charge is 2.21. The Balaban J connectivity index is 3.27. The first kappa shape index (κ1) is 13.2. The van der Waals surface area contributed by atoms with Crippen molar-refractivity contribution < 1.29 is 23.1 Å². The zero-order valence-electron chi connectivity index (χ0n) is 9.29. The van der Waals surface area contributed by atoms with Gasteiger partial charge in [0.2, 0.25) is 0 Å². The molecule has 0 saturated carbocycles. The number of rotatable bonds is 3. The first-order chi connectivity index (χ1) is 7.88. The third-order valence-corrected chi connectivity index (χ3v) is 2.26. The van der Waals surface area contributed by atoms with Gasteiger partial charge in [0.05, 0.1) is 18.7 Å². The van der Waals surface area contributed by atoms with Gasteiger partial charge < -0.3 is 10.5 Å². The number of halogens is 2. The number of hydrogen-bond acceptors (Lipinski definition) is 4. The molecule has 0 radical (unpaired) electrons. The van der Waals surface area contributed by atoms with E-state index in [0.717, 1.165) is 20.1 Å². The molecule has 1 aromatic carbocycles. The van der Waals surface area contributed by atoms with Crippen LogP contribution in [0, 0.1) is 11.6 Å². The fourth-order valence-corrected chi connectivity index (χ4v) is 1.29. The predicted molar refractivity (Wildman–Crippen MR) is 55.3 cm³/mol. The standard InChI is InChI=1S/C11H11F2NO3/c1-5(15)10(14)6-3-9(13)7(4-8(6)12)11(16)17-2/h3-4,10H,14H2,1-2H3. The van der Waals surface area contributed by atoms with Crippen LogP contribution in [0.4, 0.5) is 8.78 Å². The van der Waals surface area contributed by atoms with Gasteiger partial charge in [-0.15, -0.1) is 0 Å². The maximum atomic E-state index is 13.5. The number of carbonyl (C=O) groups excluding carboxylic acids is 2. The molecule has 0 spiro atoms. The van der Waals surface area contributed by atoms with Crippen molar-refractivity contribution in [2.24, 2.45) is 5.73 Å². The zero-order chi connectivity index (χ0) is 13.2. The summed E-state index contributed by atoms with van der Waals surface area (Å²) < 4.78 is 31.3. The minimum absolute atomic E-state index is 0.289. The van der Waals surface area contributed by atoms with Crippen molar-refractivity contribution in [3.63, 3.8) is 0 Å². The smallest absolute Gasteiger partial charge is 0.340 e. The van der Waals surface area contributed by atoms with Gasteiger partial charge in [-0.2, -0.15) is 0 Å². The number of carbonyl (C=O) groups is 2. The van der Waals surface area contributed by atoms with Crippen molar-refractivity contribution >= 4 is 11.8 Å². The molecule has 1 unspecified atom stereocenters. The number of ketones is 1. The average molecular weight is 243 g/mol. The summed E-state index contributed by atoms with van der Waals surface area (Å²) in [7, 11) is 1.05. The van der Waals surface area contributed by atoms with E-state index in [1.54, 1.807) is 0 Å². The predicted octanol–water partition coefficient (Wildman–Crippen LogP) is 1.34. The molecule has 4 nitrogen and oxygen atoms in total. The maximum Gasteiger partial charge on any atom is 0.340 e. The van der Waals surface area contributed by atoms with Crippen LogP contribution in [0.25, 0.3) is 0 Å². The second-order valence-corrected chi connectivity index (χ2v) is 3.43. The SMILES string of the molecule is COC(=O)c1cc(F)c(C(N)C(C)=O)cc1F. The molecule has 0 saturated heterocycles. The van der Waals surface area contributed by atoms with E-state index in [-0.39, 0.29) is 5.56 Å². The third-order valence-electron chi connectivity index (χ3n) is 2.26. The van der Waals surface area contributed by atoms with Crippen LogP contribution in [-0.2, 0) is 9.53 Å². The Morgan fingerprint density at radius 2 is 1.88 bits per heavy atom. The van der Waals surface area contributed by atoms with Gasteiger partial charge in [0, 0.05) is 5.56 Å². The van der Waals surface area contributed by atoms with Crippen molar-refractivity contribution in [3.05, 3.63) is 34.9 Å². The molecule has 92 valence electrons. The number of nitrogens with two attached hydrogens (primary N) is 1. The Labute approximate surface area is 96.4 Å². The highest BCUT2D eigenvalue weighted by atomic mass is 19.1. The molecule has 0 heterocycles. The number of ether oxygens (including phenoxy) is 1. The summed E-state index contributed by atoms with van der Waals surface area (Å²) >= 11 is 0. The lowest BCUT2D eigenvalue weighted by Crippen LogP contribution is -2.21. The van der Waals surface area contributed by atoms with Crippen molar-refractivity contribution in [1.29, 1.82) is 0 Å². The fourth-order valence-electron chi connectivity index (χ4n) is 1.29. The van der Waals surface area contributed by atoms with Crippen LogP contribution >= 0.6 is 0 Å². The molecular formula is C11H11F2NO3. The van der Waals surface area contributed by atoms with Gasteiger partial charge in [0.1, 0.15) is 11.6 Å². The third kappa shape index (κ3) is 2.65. The van der Waals surface area contributed by atoms with Crippen LogP contribution in [0.1, 0.15) is 28.9 Å². The monoisotopic (exact) mass is 243 g/mol. The van der Waals surface area contributed by atoms with E-state index in [1.165, 1.54) is 0 Å². The topological polar surface area (TPSA) is 69.4 Å². The minimum Gasteiger partial charge on any atom is -0.465 e. The highest BCUT2D eigenvalue weighted by Crippen LogP contribution is 2.20. The summed E-state index contributed by atoms with van der Waals surface area (Å²) in [5.74, 6) is -3.40. The zero-order valence-corrected chi connectivity index (χ0v) is 9.29. The number of hydrogen-bond donors (Lipinski definition) is 1. The summed E-state index contributed by atoms with van der Waals surface area (Å²) in [6.45, 7) is 1.16. The summed E-state index contributed by atoms with van der Waals surface area (Å²) in [4.78, 5) is 22.1. The van der Waals surface area contributed by atoms with Gasteiger partial charge in [-0.25, -0.2) is 13.6 Å². The molecular weight excluding hydrogens is 232 g/mol. The molecule has 0 aromatic heterocycles. The summed E-state index contributed by atoms with van der Waals surface area (Å²) in [6, 6.07) is 0.142. The molecule has 0 bridgehead atoms. The van der Waals surface area contributed by atoms with E-state index in [9.17, 15) is 18.4 Å². The quantitative estimate of drug-likeness (QED) is 0.813. The van der Waals surface area contributed by atoms with E-state index >= 15 is 0 Å². The van der Waals surface area contributed by atoms with Crippen LogP contribution in [-0.4, -0.2) is 18.9 Å². The Morgan fingerprint density at radius 1 is 1.29 bits per heavy atom. The van der Waals surface area contributed by atoms with E-state index in [0.29, 0.717) is 6.07 Å². The molecule has 1 aromatic rings. The van der Waals surface area contributed by atoms with Gasteiger partial charge in [0.25, 0.3) is 0 Å². The lowest BCUT2D eigenvalue weighted by Gasteiger charge is -2.11. The molecule has 2 N–H and O–H groups in total. The second-order valence-electron chi connectivity index (χ2n) is 3.43.